The van der Waals surface area contributed by atoms with Gasteiger partial charge in [0.05, 0.1) is 0 Å². The van der Waals surface area contributed by atoms with Crippen LogP contribution in [0.4, 0.5) is 13.2 Å². The number of hydrogen-bond acceptors (Lipinski definition) is 2. The lowest BCUT2D eigenvalue weighted by Gasteiger charge is -2.16. The Morgan fingerprint density at radius 3 is 2.19 bits per heavy atom. The maximum absolute atomic E-state index is 12.0. The van der Waals surface area contributed by atoms with E-state index < -0.39 is 12.3 Å². The van der Waals surface area contributed by atoms with Gasteiger partial charge in [-0.05, 0) is 32.7 Å². The van der Waals surface area contributed by atoms with Gasteiger partial charge in [-0.25, -0.2) is 0 Å². The van der Waals surface area contributed by atoms with E-state index in [-0.39, 0.29) is 6.61 Å². The number of alkyl halides is 3. The van der Waals surface area contributed by atoms with Crippen molar-refractivity contribution >= 4 is 0 Å². The first-order valence-corrected chi connectivity index (χ1v) is 5.75. The van der Waals surface area contributed by atoms with Gasteiger partial charge in [0.15, 0.2) is 6.10 Å². The molecular weight excluding hydrogens is 219 g/mol. The smallest absolute Gasteiger partial charge is 0.369 e. The average molecular weight is 241 g/mol. The lowest BCUT2D eigenvalue weighted by atomic mass is 10.2. The molecule has 0 fully saturated rings. The molecule has 0 heterocycles. The van der Waals surface area contributed by atoms with Crippen LogP contribution >= 0.6 is 0 Å². The first kappa shape index (κ1) is 15.7. The molecule has 0 spiro atoms. The Bertz CT molecular complexity index is 171. The minimum atomic E-state index is -4.24. The van der Waals surface area contributed by atoms with Crippen LogP contribution in [0.25, 0.3) is 0 Å². The lowest BCUT2D eigenvalue weighted by Crippen LogP contribution is -2.28. The Labute approximate surface area is 95.5 Å². The zero-order valence-corrected chi connectivity index (χ0v) is 10.2. The largest absolute Gasteiger partial charge is 0.414 e. The zero-order valence-electron chi connectivity index (χ0n) is 10.2. The quantitative estimate of drug-likeness (QED) is 0.659. The zero-order chi connectivity index (χ0) is 12.6. The van der Waals surface area contributed by atoms with Crippen molar-refractivity contribution in [3.63, 3.8) is 0 Å². The van der Waals surface area contributed by atoms with Crippen LogP contribution in [0.1, 0.15) is 40.0 Å². The molecule has 1 atom stereocenters. The Balaban J connectivity index is 3.28. The Hall–Kier alpha value is -0.290. The molecule has 0 aliphatic rings. The van der Waals surface area contributed by atoms with Crippen molar-refractivity contribution in [2.45, 2.75) is 58.4 Å². The number of halogens is 3. The Kier molecular flexibility index (Phi) is 7.76. The van der Waals surface area contributed by atoms with Gasteiger partial charge in [0.1, 0.15) is 0 Å². The highest BCUT2D eigenvalue weighted by molar-refractivity contribution is 4.60. The minimum absolute atomic E-state index is 0.183. The van der Waals surface area contributed by atoms with Crippen molar-refractivity contribution in [1.29, 1.82) is 0 Å². The fourth-order valence-corrected chi connectivity index (χ4v) is 1.15. The number of hydrogen-bond donors (Lipinski definition) is 1. The molecular formula is C11H22F3NO. The Morgan fingerprint density at radius 2 is 1.69 bits per heavy atom. The number of unbranched alkanes of at least 4 members (excludes halogenated alkanes) is 2. The third-order valence-electron chi connectivity index (χ3n) is 2.20. The summed E-state index contributed by atoms with van der Waals surface area (Å²) in [5, 5.41) is 3.25. The van der Waals surface area contributed by atoms with Crippen molar-refractivity contribution in [2.24, 2.45) is 0 Å². The third-order valence-corrected chi connectivity index (χ3v) is 2.20. The van der Waals surface area contributed by atoms with Crippen molar-refractivity contribution in [2.75, 3.05) is 13.2 Å². The second-order valence-electron chi connectivity index (χ2n) is 4.22. The molecule has 98 valence electrons. The van der Waals surface area contributed by atoms with Gasteiger partial charge in [0, 0.05) is 12.6 Å². The third kappa shape index (κ3) is 8.97. The van der Waals surface area contributed by atoms with Gasteiger partial charge in [-0.15, -0.1) is 0 Å². The number of ether oxygens (including phenoxy) is 1. The number of nitrogens with one attached hydrogen (secondary N) is 1. The molecule has 0 aliphatic carbocycles. The second kappa shape index (κ2) is 7.90. The van der Waals surface area contributed by atoms with Gasteiger partial charge in [-0.2, -0.15) is 13.2 Å². The Morgan fingerprint density at radius 1 is 1.06 bits per heavy atom. The van der Waals surface area contributed by atoms with Gasteiger partial charge in [0.25, 0.3) is 0 Å². The van der Waals surface area contributed by atoms with Crippen LogP contribution in [0.3, 0.4) is 0 Å². The van der Waals surface area contributed by atoms with E-state index in [9.17, 15) is 13.2 Å². The van der Waals surface area contributed by atoms with Crippen molar-refractivity contribution in [1.82, 2.24) is 5.32 Å². The van der Waals surface area contributed by atoms with E-state index in [0.717, 1.165) is 26.3 Å². The molecule has 0 aromatic heterocycles. The summed E-state index contributed by atoms with van der Waals surface area (Å²) in [6, 6.07) is 0.460. The van der Waals surface area contributed by atoms with Gasteiger partial charge in [-0.3, -0.25) is 0 Å². The predicted molar refractivity (Wildman–Crippen MR) is 58.5 cm³/mol. The SMILES string of the molecule is CC(C)NCCCCCOC(C)C(F)(F)F. The lowest BCUT2D eigenvalue weighted by molar-refractivity contribution is -0.214. The van der Waals surface area contributed by atoms with E-state index in [4.69, 9.17) is 0 Å². The molecule has 16 heavy (non-hydrogen) atoms. The molecule has 0 aromatic carbocycles. The normalized spacial score (nSPS) is 14.4. The van der Waals surface area contributed by atoms with E-state index in [1.54, 1.807) is 0 Å². The van der Waals surface area contributed by atoms with E-state index >= 15 is 0 Å². The molecule has 2 nitrogen and oxygen atoms in total. The topological polar surface area (TPSA) is 21.3 Å². The molecule has 0 saturated carbocycles. The predicted octanol–water partition coefficient (Wildman–Crippen LogP) is 3.12. The highest BCUT2D eigenvalue weighted by atomic mass is 19.4. The van der Waals surface area contributed by atoms with E-state index in [1.807, 2.05) is 0 Å². The fourth-order valence-electron chi connectivity index (χ4n) is 1.15. The highest BCUT2D eigenvalue weighted by Gasteiger charge is 2.36. The summed E-state index contributed by atoms with van der Waals surface area (Å²) in [6.07, 6.45) is -3.34. The van der Waals surface area contributed by atoms with Crippen molar-refractivity contribution in [3.8, 4) is 0 Å². The van der Waals surface area contributed by atoms with Crippen LogP contribution in [0, 0.1) is 0 Å². The van der Waals surface area contributed by atoms with E-state index in [2.05, 4.69) is 23.9 Å². The summed E-state index contributed by atoms with van der Waals surface area (Å²) >= 11 is 0. The minimum Gasteiger partial charge on any atom is -0.369 e. The van der Waals surface area contributed by atoms with Crippen LogP contribution < -0.4 is 5.32 Å². The van der Waals surface area contributed by atoms with Crippen LogP contribution in [0.5, 0.6) is 0 Å². The molecule has 0 aliphatic heterocycles. The fraction of sp³-hybridized carbons (Fsp3) is 1.00. The maximum Gasteiger partial charge on any atom is 0.414 e. The van der Waals surface area contributed by atoms with Gasteiger partial charge in [0.2, 0.25) is 0 Å². The summed E-state index contributed by atoms with van der Waals surface area (Å²) in [6.45, 7) is 6.26. The summed E-state index contributed by atoms with van der Waals surface area (Å²) in [5.74, 6) is 0. The molecule has 0 rings (SSSR count). The van der Waals surface area contributed by atoms with E-state index in [1.165, 1.54) is 0 Å². The van der Waals surface area contributed by atoms with Gasteiger partial charge in [-0.1, -0.05) is 13.8 Å². The van der Waals surface area contributed by atoms with Crippen molar-refractivity contribution < 1.29 is 17.9 Å². The molecule has 1 unspecified atom stereocenters. The van der Waals surface area contributed by atoms with Crippen LogP contribution in [0.15, 0.2) is 0 Å². The molecule has 0 amide bonds. The second-order valence-corrected chi connectivity index (χ2v) is 4.22. The van der Waals surface area contributed by atoms with Crippen LogP contribution in [0.2, 0.25) is 0 Å². The molecule has 1 N–H and O–H groups in total. The first-order valence-electron chi connectivity index (χ1n) is 5.75. The number of rotatable bonds is 8. The average Bonchev–Trinajstić information content (AvgIpc) is 2.14. The maximum atomic E-state index is 12.0. The summed E-state index contributed by atoms with van der Waals surface area (Å²) in [4.78, 5) is 0. The van der Waals surface area contributed by atoms with Crippen LogP contribution in [-0.4, -0.2) is 31.5 Å². The standard InChI is InChI=1S/C11H22F3NO/c1-9(2)15-7-5-4-6-8-16-10(3)11(12,13)14/h9-10,15H,4-8H2,1-3H3. The van der Waals surface area contributed by atoms with Gasteiger partial charge >= 0.3 is 6.18 Å². The molecule has 0 aromatic rings. The molecule has 0 bridgehead atoms. The molecule has 5 heteroatoms. The highest BCUT2D eigenvalue weighted by Crippen LogP contribution is 2.22. The summed E-state index contributed by atoms with van der Waals surface area (Å²) in [5.41, 5.74) is 0. The van der Waals surface area contributed by atoms with Crippen molar-refractivity contribution in [3.05, 3.63) is 0 Å². The van der Waals surface area contributed by atoms with E-state index in [0.29, 0.717) is 12.5 Å². The molecule has 0 radical (unpaired) electrons. The van der Waals surface area contributed by atoms with Crippen LogP contribution in [-0.2, 0) is 4.74 Å². The monoisotopic (exact) mass is 241 g/mol. The van der Waals surface area contributed by atoms with Gasteiger partial charge < -0.3 is 10.1 Å². The summed E-state index contributed by atoms with van der Waals surface area (Å²) in [7, 11) is 0. The summed E-state index contributed by atoms with van der Waals surface area (Å²) < 4.78 is 40.8. The molecule has 0 saturated heterocycles. The first-order chi connectivity index (χ1) is 7.34.